The lowest BCUT2D eigenvalue weighted by atomic mass is 10.1. The molecule has 2 fully saturated rings. The highest BCUT2D eigenvalue weighted by Crippen LogP contribution is 2.41. The smallest absolute Gasteiger partial charge is 0.217 e. The van der Waals surface area contributed by atoms with E-state index in [9.17, 15) is 9.18 Å². The van der Waals surface area contributed by atoms with Crippen molar-refractivity contribution >= 4 is 11.7 Å². The van der Waals surface area contributed by atoms with E-state index in [1.54, 1.807) is 0 Å². The fraction of sp³-hybridized carbons (Fsp3) is 0.476. The maximum Gasteiger partial charge on any atom is 0.217 e. The molecule has 0 unspecified atom stereocenters. The number of hydrogen-bond acceptors (Lipinski definition) is 5. The number of ether oxygens (including phenoxy) is 1. The lowest BCUT2D eigenvalue weighted by Crippen LogP contribution is -2.26. The summed E-state index contributed by atoms with van der Waals surface area (Å²) in [6.07, 6.45) is 4.28. The van der Waals surface area contributed by atoms with Gasteiger partial charge in [-0.2, -0.15) is 0 Å². The number of nitrogens with zero attached hydrogens (tertiary/aromatic N) is 3. The Morgan fingerprint density at radius 2 is 2.00 bits per heavy atom. The summed E-state index contributed by atoms with van der Waals surface area (Å²) in [6, 6.07) is 7.68. The minimum absolute atomic E-state index is 0.0163. The van der Waals surface area contributed by atoms with E-state index in [-0.39, 0.29) is 29.8 Å². The molecule has 0 radical (unpaired) electrons. The van der Waals surface area contributed by atoms with Crippen LogP contribution in [0.5, 0.6) is 5.75 Å². The van der Waals surface area contributed by atoms with Gasteiger partial charge in [0.05, 0.1) is 18.3 Å². The van der Waals surface area contributed by atoms with Gasteiger partial charge in [0.15, 0.2) is 11.6 Å². The molecular formula is C21H25FN4O2. The van der Waals surface area contributed by atoms with Gasteiger partial charge < -0.3 is 15.0 Å². The molecule has 1 aromatic heterocycles. The van der Waals surface area contributed by atoms with E-state index in [1.165, 1.54) is 13.3 Å². The Hall–Kier alpha value is -2.70. The first-order chi connectivity index (χ1) is 13.5. The molecular weight excluding hydrogens is 359 g/mol. The third kappa shape index (κ3) is 4.08. The molecule has 0 bridgehead atoms. The van der Waals surface area contributed by atoms with Crippen LogP contribution in [0.2, 0.25) is 0 Å². The van der Waals surface area contributed by atoms with Gasteiger partial charge >= 0.3 is 0 Å². The molecule has 1 aliphatic carbocycles. The Morgan fingerprint density at radius 3 is 2.68 bits per heavy atom. The lowest BCUT2D eigenvalue weighted by Gasteiger charge is -2.19. The molecule has 2 heterocycles. The second-order valence-corrected chi connectivity index (χ2v) is 7.64. The molecule has 1 saturated heterocycles. The summed E-state index contributed by atoms with van der Waals surface area (Å²) in [5, 5.41) is 2.86. The highest BCUT2D eigenvalue weighted by atomic mass is 19.1. The zero-order valence-electron chi connectivity index (χ0n) is 16.2. The number of rotatable bonds is 6. The maximum atomic E-state index is 14.7. The first-order valence-corrected chi connectivity index (χ1v) is 9.80. The van der Waals surface area contributed by atoms with Crippen LogP contribution >= 0.6 is 0 Å². The lowest BCUT2D eigenvalue weighted by molar-refractivity contribution is -0.119. The van der Waals surface area contributed by atoms with Gasteiger partial charge in [0.1, 0.15) is 18.2 Å². The van der Waals surface area contributed by atoms with Crippen LogP contribution in [0.3, 0.4) is 0 Å². The van der Waals surface area contributed by atoms with E-state index < -0.39 is 0 Å². The molecule has 1 amide bonds. The van der Waals surface area contributed by atoms with Gasteiger partial charge in [-0.15, -0.1) is 0 Å². The Kier molecular flexibility index (Phi) is 5.15. The largest absolute Gasteiger partial charge is 0.489 e. The van der Waals surface area contributed by atoms with Crippen LogP contribution in [-0.2, 0) is 4.79 Å². The van der Waals surface area contributed by atoms with Crippen molar-refractivity contribution in [3.05, 3.63) is 47.7 Å². The summed E-state index contributed by atoms with van der Waals surface area (Å²) in [5.74, 6) is 1.09. The first-order valence-electron chi connectivity index (χ1n) is 9.80. The van der Waals surface area contributed by atoms with Crippen LogP contribution in [0.15, 0.2) is 30.6 Å². The predicted octanol–water partition coefficient (Wildman–Crippen LogP) is 3.35. The van der Waals surface area contributed by atoms with Crippen LogP contribution in [0.25, 0.3) is 0 Å². The van der Waals surface area contributed by atoms with Crippen molar-refractivity contribution in [1.29, 1.82) is 0 Å². The van der Waals surface area contributed by atoms with Crippen molar-refractivity contribution in [2.45, 2.75) is 51.2 Å². The first kappa shape index (κ1) is 18.7. The minimum Gasteiger partial charge on any atom is -0.489 e. The molecule has 148 valence electrons. The van der Waals surface area contributed by atoms with Gasteiger partial charge in [0, 0.05) is 25.8 Å². The van der Waals surface area contributed by atoms with Crippen LogP contribution in [0.4, 0.5) is 10.2 Å². The fourth-order valence-electron chi connectivity index (χ4n) is 3.67. The molecule has 1 saturated carbocycles. The second kappa shape index (κ2) is 7.73. The summed E-state index contributed by atoms with van der Waals surface area (Å²) in [6.45, 7) is 4.76. The van der Waals surface area contributed by atoms with Crippen molar-refractivity contribution in [3.8, 4) is 5.75 Å². The average Bonchev–Trinajstić information content (AvgIpc) is 3.41. The predicted molar refractivity (Wildman–Crippen MR) is 104 cm³/mol. The molecule has 0 spiro atoms. The molecule has 2 aromatic rings. The van der Waals surface area contributed by atoms with Crippen molar-refractivity contribution < 1.29 is 13.9 Å². The number of aromatic nitrogens is 2. The molecule has 28 heavy (non-hydrogen) atoms. The number of benzene rings is 1. The molecule has 7 heteroatoms. The molecule has 1 aliphatic heterocycles. The third-order valence-corrected chi connectivity index (χ3v) is 5.31. The van der Waals surface area contributed by atoms with Crippen molar-refractivity contribution in [2.75, 3.05) is 18.0 Å². The third-order valence-electron chi connectivity index (χ3n) is 5.31. The van der Waals surface area contributed by atoms with E-state index in [1.807, 2.05) is 36.1 Å². The highest BCUT2D eigenvalue weighted by molar-refractivity contribution is 5.73. The van der Waals surface area contributed by atoms with Crippen LogP contribution < -0.4 is 15.0 Å². The van der Waals surface area contributed by atoms with Gasteiger partial charge in [0.2, 0.25) is 5.91 Å². The SMILES string of the molecule is CC(=O)N[C@@H](C)c1ccc(O[C@@H]2CCN(c3ncnc(C4CC4)c3F)C2)cc1. The summed E-state index contributed by atoms with van der Waals surface area (Å²) in [7, 11) is 0. The molecule has 1 aromatic carbocycles. The van der Waals surface area contributed by atoms with Gasteiger partial charge in [-0.1, -0.05) is 12.1 Å². The number of hydrogen-bond donors (Lipinski definition) is 1. The maximum absolute atomic E-state index is 14.7. The fourth-order valence-corrected chi connectivity index (χ4v) is 3.67. The van der Waals surface area contributed by atoms with E-state index in [4.69, 9.17) is 4.74 Å². The monoisotopic (exact) mass is 384 g/mol. The Morgan fingerprint density at radius 1 is 1.25 bits per heavy atom. The number of anilines is 1. The molecule has 1 N–H and O–H groups in total. The summed E-state index contributed by atoms with van der Waals surface area (Å²) < 4.78 is 20.8. The minimum atomic E-state index is -0.276. The standard InChI is InChI=1S/C21H25FN4O2/c1-13(25-14(2)27)15-5-7-17(8-6-15)28-18-9-10-26(11-18)21-19(22)20(16-3-4-16)23-12-24-21/h5-8,12-13,16,18H,3-4,9-11H2,1-2H3,(H,25,27)/t13-,18+/m0/s1. The molecule has 2 aliphatic rings. The van der Waals surface area contributed by atoms with E-state index in [0.29, 0.717) is 24.6 Å². The van der Waals surface area contributed by atoms with Gasteiger partial charge in [-0.25, -0.2) is 14.4 Å². The highest BCUT2D eigenvalue weighted by Gasteiger charge is 2.33. The number of halogens is 1. The van der Waals surface area contributed by atoms with Crippen molar-refractivity contribution in [3.63, 3.8) is 0 Å². The van der Waals surface area contributed by atoms with E-state index >= 15 is 0 Å². The van der Waals surface area contributed by atoms with Crippen LogP contribution in [0, 0.1) is 5.82 Å². The number of amides is 1. The Labute approximate surface area is 164 Å². The zero-order chi connectivity index (χ0) is 19.7. The Balaban J connectivity index is 1.37. The van der Waals surface area contributed by atoms with E-state index in [0.717, 1.165) is 30.6 Å². The van der Waals surface area contributed by atoms with Crippen LogP contribution in [0.1, 0.15) is 56.3 Å². The van der Waals surface area contributed by atoms with Crippen molar-refractivity contribution in [1.82, 2.24) is 15.3 Å². The summed E-state index contributed by atoms with van der Waals surface area (Å²) >= 11 is 0. The van der Waals surface area contributed by atoms with Gasteiger partial charge in [0.25, 0.3) is 0 Å². The Bertz CT molecular complexity index is 854. The normalized spacial score (nSPS) is 20.1. The van der Waals surface area contributed by atoms with Crippen molar-refractivity contribution in [2.24, 2.45) is 0 Å². The van der Waals surface area contributed by atoms with Crippen LogP contribution in [-0.4, -0.2) is 35.1 Å². The topological polar surface area (TPSA) is 67.3 Å². The molecule has 6 nitrogen and oxygen atoms in total. The quantitative estimate of drug-likeness (QED) is 0.827. The average molecular weight is 384 g/mol. The second-order valence-electron chi connectivity index (χ2n) is 7.64. The van der Waals surface area contributed by atoms with E-state index in [2.05, 4.69) is 15.3 Å². The summed E-state index contributed by atoms with van der Waals surface area (Å²) in [4.78, 5) is 21.4. The number of carbonyl (C=O) groups is 1. The number of nitrogens with one attached hydrogen (secondary N) is 1. The van der Waals surface area contributed by atoms with Gasteiger partial charge in [-0.3, -0.25) is 4.79 Å². The number of carbonyl (C=O) groups excluding carboxylic acids is 1. The molecule has 4 rings (SSSR count). The zero-order valence-corrected chi connectivity index (χ0v) is 16.2. The molecule has 2 atom stereocenters. The van der Waals surface area contributed by atoms with Gasteiger partial charge in [-0.05, 0) is 37.5 Å². The summed E-state index contributed by atoms with van der Waals surface area (Å²) in [5.41, 5.74) is 1.57.